The highest BCUT2D eigenvalue weighted by Crippen LogP contribution is 2.33. The Labute approximate surface area is 139 Å². The number of aliphatic imine (C=N–C) groups is 1. The molecule has 0 heterocycles. The largest absolute Gasteiger partial charge is 0.262 e. The molecule has 0 aliphatic heterocycles. The van der Waals surface area contributed by atoms with Crippen molar-refractivity contribution in [2.24, 2.45) is 4.99 Å². The van der Waals surface area contributed by atoms with E-state index in [2.05, 4.69) is 66.2 Å². The maximum Gasteiger partial charge on any atom is 0.0625 e. The summed E-state index contributed by atoms with van der Waals surface area (Å²) < 4.78 is 0. The monoisotopic (exact) mass is 301 g/mol. The van der Waals surface area contributed by atoms with Gasteiger partial charge in [-0.3, -0.25) is 4.99 Å². The maximum absolute atomic E-state index is 4.29. The fourth-order valence-corrected chi connectivity index (χ4v) is 3.18. The summed E-state index contributed by atoms with van der Waals surface area (Å²) in [6, 6.07) is 17.4. The summed E-state index contributed by atoms with van der Waals surface area (Å²) in [5.74, 6) is 0.647. The molecule has 3 rings (SSSR count). The topological polar surface area (TPSA) is 12.4 Å². The highest BCUT2D eigenvalue weighted by atomic mass is 14.7. The van der Waals surface area contributed by atoms with Crippen molar-refractivity contribution in [3.63, 3.8) is 0 Å². The molecule has 1 heteroatoms. The third-order valence-electron chi connectivity index (χ3n) is 4.57. The number of nitrogens with zero attached hydrogens (tertiary/aromatic N) is 1. The minimum Gasteiger partial charge on any atom is -0.262 e. The first-order chi connectivity index (χ1) is 11.3. The Hall–Kier alpha value is -2.41. The lowest BCUT2D eigenvalue weighted by Crippen LogP contribution is -2.03. The average molecular weight is 301 g/mol. The Morgan fingerprint density at radius 2 is 1.65 bits per heavy atom. The standard InChI is InChI=1S/C22H23N/c1-3-17-5-7-18(8-6-17)19-9-11-20(12-10-19)21-13-15-22(16-14-21)23-4-2/h3-5,9-16,18H,1,6-8H2,2H3. The number of hydrogen-bond acceptors (Lipinski definition) is 1. The van der Waals surface area contributed by atoms with Crippen LogP contribution in [-0.4, -0.2) is 6.21 Å². The van der Waals surface area contributed by atoms with Crippen molar-refractivity contribution in [1.29, 1.82) is 0 Å². The van der Waals surface area contributed by atoms with Gasteiger partial charge in [-0.15, -0.1) is 0 Å². The van der Waals surface area contributed by atoms with Crippen LogP contribution in [0, 0.1) is 0 Å². The molecule has 0 bridgehead atoms. The highest BCUT2D eigenvalue weighted by molar-refractivity contribution is 5.67. The predicted octanol–water partition coefficient (Wildman–Crippen LogP) is 6.46. The van der Waals surface area contributed by atoms with Gasteiger partial charge in [0.05, 0.1) is 5.69 Å². The van der Waals surface area contributed by atoms with E-state index >= 15 is 0 Å². The van der Waals surface area contributed by atoms with Crippen molar-refractivity contribution in [3.05, 3.63) is 78.4 Å². The van der Waals surface area contributed by atoms with Gasteiger partial charge < -0.3 is 0 Å². The van der Waals surface area contributed by atoms with E-state index in [1.165, 1.54) is 28.7 Å². The molecule has 0 aromatic heterocycles. The molecule has 1 nitrogen and oxygen atoms in total. The van der Waals surface area contributed by atoms with Crippen LogP contribution in [0.3, 0.4) is 0 Å². The number of allylic oxidation sites excluding steroid dienone is 3. The van der Waals surface area contributed by atoms with E-state index in [9.17, 15) is 0 Å². The van der Waals surface area contributed by atoms with Crippen LogP contribution >= 0.6 is 0 Å². The first-order valence-corrected chi connectivity index (χ1v) is 8.30. The summed E-state index contributed by atoms with van der Waals surface area (Å²) in [5.41, 5.74) is 6.34. The van der Waals surface area contributed by atoms with E-state index in [0.717, 1.165) is 18.5 Å². The molecular formula is C22H23N. The molecule has 2 aromatic rings. The van der Waals surface area contributed by atoms with Crippen molar-refractivity contribution in [2.75, 3.05) is 0 Å². The van der Waals surface area contributed by atoms with Crippen molar-refractivity contribution < 1.29 is 0 Å². The zero-order chi connectivity index (χ0) is 16.1. The fourth-order valence-electron chi connectivity index (χ4n) is 3.18. The van der Waals surface area contributed by atoms with Gasteiger partial charge in [-0.05, 0) is 60.9 Å². The lowest BCUT2D eigenvalue weighted by atomic mass is 9.84. The van der Waals surface area contributed by atoms with Crippen LogP contribution in [0.4, 0.5) is 5.69 Å². The Kier molecular flexibility index (Phi) is 4.87. The number of hydrogen-bond donors (Lipinski definition) is 0. The molecule has 116 valence electrons. The van der Waals surface area contributed by atoms with E-state index in [-0.39, 0.29) is 0 Å². The second-order valence-electron chi connectivity index (χ2n) is 6.01. The van der Waals surface area contributed by atoms with Gasteiger partial charge in [-0.25, -0.2) is 0 Å². The molecule has 0 amide bonds. The predicted molar refractivity (Wildman–Crippen MR) is 101 cm³/mol. The molecule has 0 saturated carbocycles. The molecule has 0 fully saturated rings. The van der Waals surface area contributed by atoms with E-state index in [4.69, 9.17) is 0 Å². The van der Waals surface area contributed by atoms with Crippen molar-refractivity contribution in [1.82, 2.24) is 0 Å². The SMILES string of the molecule is C=CC1=CCC(c2ccc(-c3ccc(N=CC)cc3)cc2)CC1. The molecule has 0 saturated heterocycles. The third kappa shape index (κ3) is 3.68. The minimum atomic E-state index is 0.647. The molecule has 1 aliphatic rings. The summed E-state index contributed by atoms with van der Waals surface area (Å²) in [4.78, 5) is 4.29. The summed E-state index contributed by atoms with van der Waals surface area (Å²) >= 11 is 0. The molecule has 0 spiro atoms. The van der Waals surface area contributed by atoms with E-state index < -0.39 is 0 Å². The quantitative estimate of drug-likeness (QED) is 0.575. The fraction of sp³-hybridized carbons (Fsp3) is 0.227. The third-order valence-corrected chi connectivity index (χ3v) is 4.57. The normalized spacial score (nSPS) is 18.0. The maximum atomic E-state index is 4.29. The second kappa shape index (κ2) is 7.23. The van der Waals surface area contributed by atoms with E-state index in [1.807, 2.05) is 19.2 Å². The summed E-state index contributed by atoms with van der Waals surface area (Å²) in [7, 11) is 0. The molecule has 0 N–H and O–H groups in total. The van der Waals surface area contributed by atoms with Crippen LogP contribution in [0.2, 0.25) is 0 Å². The van der Waals surface area contributed by atoms with Gasteiger partial charge in [0.25, 0.3) is 0 Å². The lowest BCUT2D eigenvalue weighted by Gasteiger charge is -2.21. The van der Waals surface area contributed by atoms with Crippen molar-refractivity contribution in [3.8, 4) is 11.1 Å². The van der Waals surface area contributed by atoms with Crippen LogP contribution in [0.25, 0.3) is 11.1 Å². The zero-order valence-corrected chi connectivity index (χ0v) is 13.7. The first-order valence-electron chi connectivity index (χ1n) is 8.30. The van der Waals surface area contributed by atoms with Crippen LogP contribution < -0.4 is 0 Å². The molecule has 23 heavy (non-hydrogen) atoms. The van der Waals surface area contributed by atoms with E-state index in [1.54, 1.807) is 0 Å². The Balaban J connectivity index is 1.74. The second-order valence-corrected chi connectivity index (χ2v) is 6.01. The lowest BCUT2D eigenvalue weighted by molar-refractivity contribution is 0.606. The van der Waals surface area contributed by atoms with Crippen molar-refractivity contribution >= 4 is 11.9 Å². The van der Waals surface area contributed by atoms with Gasteiger partial charge in [0.1, 0.15) is 0 Å². The van der Waals surface area contributed by atoms with Crippen molar-refractivity contribution in [2.45, 2.75) is 32.1 Å². The van der Waals surface area contributed by atoms with Crippen LogP contribution in [0.1, 0.15) is 37.7 Å². The Morgan fingerprint density at radius 1 is 1.00 bits per heavy atom. The van der Waals surface area contributed by atoms with Gasteiger partial charge in [0.15, 0.2) is 0 Å². The molecule has 2 aromatic carbocycles. The number of rotatable bonds is 4. The van der Waals surface area contributed by atoms with Gasteiger partial charge in [0.2, 0.25) is 0 Å². The van der Waals surface area contributed by atoms with Gasteiger partial charge >= 0.3 is 0 Å². The summed E-state index contributed by atoms with van der Waals surface area (Å²) in [6.07, 6.45) is 9.65. The van der Waals surface area contributed by atoms with Gasteiger partial charge in [0, 0.05) is 6.21 Å². The first kappa shape index (κ1) is 15.5. The summed E-state index contributed by atoms with van der Waals surface area (Å²) in [6.45, 7) is 5.80. The Bertz CT molecular complexity index is 718. The molecule has 1 aliphatic carbocycles. The average Bonchev–Trinajstić information content (AvgIpc) is 2.63. The smallest absolute Gasteiger partial charge is 0.0625 e. The highest BCUT2D eigenvalue weighted by Gasteiger charge is 2.15. The van der Waals surface area contributed by atoms with Crippen LogP contribution in [0.5, 0.6) is 0 Å². The van der Waals surface area contributed by atoms with Crippen LogP contribution in [0.15, 0.2) is 77.8 Å². The Morgan fingerprint density at radius 3 is 2.17 bits per heavy atom. The van der Waals surface area contributed by atoms with Gasteiger partial charge in [-0.1, -0.05) is 60.7 Å². The van der Waals surface area contributed by atoms with Gasteiger partial charge in [-0.2, -0.15) is 0 Å². The molecule has 0 radical (unpaired) electrons. The zero-order valence-electron chi connectivity index (χ0n) is 13.7. The number of benzene rings is 2. The molecule has 1 atom stereocenters. The molecule has 1 unspecified atom stereocenters. The van der Waals surface area contributed by atoms with E-state index in [0.29, 0.717) is 5.92 Å². The minimum absolute atomic E-state index is 0.647. The summed E-state index contributed by atoms with van der Waals surface area (Å²) in [5, 5.41) is 0. The molecular weight excluding hydrogens is 278 g/mol. The van der Waals surface area contributed by atoms with Crippen LogP contribution in [-0.2, 0) is 0 Å².